The number of rotatable bonds is 38. The first-order valence-electron chi connectivity index (χ1n) is 22.3. The van der Waals surface area contributed by atoms with Gasteiger partial charge in [-0.15, -0.1) is 0 Å². The second-order valence-corrected chi connectivity index (χ2v) is 15.6. The number of carbonyl (C=O) groups is 3. The molecule has 0 aromatic heterocycles. The third kappa shape index (κ3) is 37.8. The number of ether oxygens (including phenoxy) is 3. The van der Waals surface area contributed by atoms with Crippen molar-refractivity contribution in [3.8, 4) is 0 Å². The Labute approximate surface area is 354 Å². The van der Waals surface area contributed by atoms with Crippen molar-refractivity contribution in [3.05, 3.63) is 97.2 Å². The largest absolute Gasteiger partial charge is 0.477 e. The SMILES string of the molecule is CC/C=C/C/C=C/C/C=C/C/C=C/C/C=C/C/C=C/CCC(=O)OCC(COCCC(C(=O)O)[N+](C)(C)C)OC(=O)CCCCCCCC/C=C/C=C/CCCCC. The van der Waals surface area contributed by atoms with Crippen molar-refractivity contribution in [2.45, 2.75) is 161 Å². The summed E-state index contributed by atoms with van der Waals surface area (Å²) in [5, 5.41) is 9.62. The zero-order valence-corrected chi connectivity index (χ0v) is 37.2. The topological polar surface area (TPSA) is 99.1 Å². The highest BCUT2D eigenvalue weighted by atomic mass is 16.6. The number of hydrogen-bond acceptors (Lipinski definition) is 6. The quantitative estimate of drug-likeness (QED) is 0.0218. The summed E-state index contributed by atoms with van der Waals surface area (Å²) in [6, 6.07) is -0.633. The van der Waals surface area contributed by atoms with Crippen molar-refractivity contribution in [2.75, 3.05) is 41.0 Å². The van der Waals surface area contributed by atoms with E-state index in [1.165, 1.54) is 32.1 Å². The molecular weight excluding hydrogens is 727 g/mol. The van der Waals surface area contributed by atoms with E-state index in [1.807, 2.05) is 33.3 Å². The Kier molecular flexibility index (Phi) is 37.5. The van der Waals surface area contributed by atoms with Crippen molar-refractivity contribution >= 4 is 17.9 Å². The number of allylic oxidation sites excluding steroid dienone is 16. The van der Waals surface area contributed by atoms with Crippen molar-refractivity contribution in [2.24, 2.45) is 0 Å². The molecule has 0 aliphatic heterocycles. The lowest BCUT2D eigenvalue weighted by Gasteiger charge is -2.31. The van der Waals surface area contributed by atoms with E-state index in [4.69, 9.17) is 14.2 Å². The van der Waals surface area contributed by atoms with Gasteiger partial charge < -0.3 is 23.8 Å². The van der Waals surface area contributed by atoms with Crippen molar-refractivity contribution in [1.82, 2.24) is 0 Å². The second kappa shape index (κ2) is 40.0. The molecule has 58 heavy (non-hydrogen) atoms. The highest BCUT2D eigenvalue weighted by Gasteiger charge is 2.31. The van der Waals surface area contributed by atoms with Gasteiger partial charge in [0.15, 0.2) is 12.1 Å². The van der Waals surface area contributed by atoms with E-state index in [9.17, 15) is 19.5 Å². The summed E-state index contributed by atoms with van der Waals surface area (Å²) in [5.41, 5.74) is 0. The number of likely N-dealkylation sites (N-methyl/N-ethyl adjacent to an activating group) is 1. The summed E-state index contributed by atoms with van der Waals surface area (Å²) < 4.78 is 17.2. The van der Waals surface area contributed by atoms with E-state index < -0.39 is 18.1 Å². The third-order valence-corrected chi connectivity index (χ3v) is 9.26. The number of carboxylic acid groups (broad SMARTS) is 1. The second-order valence-electron chi connectivity index (χ2n) is 15.6. The van der Waals surface area contributed by atoms with Crippen LogP contribution in [0.1, 0.15) is 149 Å². The molecule has 1 N–H and O–H groups in total. The van der Waals surface area contributed by atoms with Gasteiger partial charge in [-0.25, -0.2) is 4.79 Å². The molecule has 0 aromatic carbocycles. The fraction of sp³-hybridized carbons (Fsp3) is 0.620. The smallest absolute Gasteiger partial charge is 0.362 e. The highest BCUT2D eigenvalue weighted by Crippen LogP contribution is 2.12. The Morgan fingerprint density at radius 1 is 0.552 bits per heavy atom. The van der Waals surface area contributed by atoms with Crippen LogP contribution in [-0.2, 0) is 28.6 Å². The maximum absolute atomic E-state index is 12.7. The summed E-state index contributed by atoms with van der Waals surface area (Å²) in [6.45, 7) is 4.48. The molecule has 0 saturated carbocycles. The molecule has 0 spiro atoms. The van der Waals surface area contributed by atoms with E-state index in [2.05, 4.69) is 98.9 Å². The minimum atomic E-state index is -0.891. The molecule has 2 unspecified atom stereocenters. The fourth-order valence-electron chi connectivity index (χ4n) is 5.81. The summed E-state index contributed by atoms with van der Waals surface area (Å²) in [4.78, 5) is 37.0. The van der Waals surface area contributed by atoms with Crippen molar-refractivity contribution < 1.29 is 38.2 Å². The Balaban J connectivity index is 4.50. The lowest BCUT2D eigenvalue weighted by Crippen LogP contribution is -2.50. The molecule has 0 aliphatic carbocycles. The van der Waals surface area contributed by atoms with Gasteiger partial charge in [0.2, 0.25) is 0 Å². The molecular formula is C50H82NO7+. The van der Waals surface area contributed by atoms with Gasteiger partial charge in [-0.05, 0) is 77.0 Å². The molecule has 0 radical (unpaired) electrons. The number of esters is 2. The predicted molar refractivity (Wildman–Crippen MR) is 243 cm³/mol. The maximum Gasteiger partial charge on any atom is 0.362 e. The summed E-state index contributed by atoms with van der Waals surface area (Å²) in [7, 11) is 5.49. The van der Waals surface area contributed by atoms with Crippen LogP contribution in [0.25, 0.3) is 0 Å². The molecule has 0 rings (SSSR count). The zero-order valence-electron chi connectivity index (χ0n) is 37.2. The normalized spacial score (nSPS) is 13.9. The number of quaternary nitrogens is 1. The van der Waals surface area contributed by atoms with E-state index in [1.54, 1.807) is 0 Å². The van der Waals surface area contributed by atoms with E-state index >= 15 is 0 Å². The maximum atomic E-state index is 12.7. The molecule has 0 saturated heterocycles. The first kappa shape index (κ1) is 54.2. The summed E-state index contributed by atoms with van der Waals surface area (Å²) >= 11 is 0. The Morgan fingerprint density at radius 3 is 1.57 bits per heavy atom. The number of carboxylic acids is 1. The fourth-order valence-corrected chi connectivity index (χ4v) is 5.81. The monoisotopic (exact) mass is 809 g/mol. The number of carbonyl (C=O) groups excluding carboxylic acids is 2. The van der Waals surface area contributed by atoms with E-state index in [-0.39, 0.29) is 42.7 Å². The van der Waals surface area contributed by atoms with Gasteiger partial charge >= 0.3 is 17.9 Å². The molecule has 0 bridgehead atoms. The standard InChI is InChI=1S/C50H81NO7/c1-6-8-10-12-14-16-18-20-22-23-24-25-27-28-30-32-34-36-38-40-48(52)57-45-46(44-56-43-42-47(50(54)55)51(3,4)5)58-49(53)41-39-37-35-33-31-29-26-21-19-17-15-13-11-9-7-2/h8,10,14-17,19-22,24-25,28,30,34,36,46-47H,6-7,9,11-13,18,23,26-27,29,31-33,35,37-45H2,1-5H3/p+1/b10-8+,16-14+,17-15+,21-19+,22-20+,25-24+,30-28+,36-34+. The molecule has 8 heteroatoms. The molecule has 0 aliphatic rings. The molecule has 2 atom stereocenters. The van der Waals surface area contributed by atoms with Gasteiger partial charge in [0, 0.05) is 19.3 Å². The van der Waals surface area contributed by atoms with Gasteiger partial charge in [-0.2, -0.15) is 0 Å². The molecule has 0 aromatic rings. The van der Waals surface area contributed by atoms with Crippen molar-refractivity contribution in [3.63, 3.8) is 0 Å². The molecule has 0 heterocycles. The average molecular weight is 809 g/mol. The van der Waals surface area contributed by atoms with Gasteiger partial charge in [0.25, 0.3) is 0 Å². The van der Waals surface area contributed by atoms with Crippen LogP contribution >= 0.6 is 0 Å². The number of aliphatic carboxylic acids is 1. The molecule has 0 fully saturated rings. The number of unbranched alkanes of at least 4 members (excludes halogenated alkanes) is 9. The Bertz CT molecular complexity index is 1260. The van der Waals surface area contributed by atoms with Crippen LogP contribution in [0.5, 0.6) is 0 Å². The third-order valence-electron chi connectivity index (χ3n) is 9.26. The van der Waals surface area contributed by atoms with Gasteiger partial charge in [0.05, 0.1) is 34.4 Å². The number of nitrogens with zero attached hydrogens (tertiary/aromatic N) is 1. The number of hydrogen-bond donors (Lipinski definition) is 1. The first-order chi connectivity index (χ1) is 28.1. The Hall–Kier alpha value is -3.75. The van der Waals surface area contributed by atoms with Gasteiger partial charge in [-0.1, -0.05) is 150 Å². The van der Waals surface area contributed by atoms with Gasteiger partial charge in [0.1, 0.15) is 6.61 Å². The minimum Gasteiger partial charge on any atom is -0.477 e. The van der Waals surface area contributed by atoms with Crippen LogP contribution in [-0.4, -0.2) is 80.6 Å². The molecule has 0 amide bonds. The van der Waals surface area contributed by atoms with Gasteiger partial charge in [-0.3, -0.25) is 9.59 Å². The first-order valence-corrected chi connectivity index (χ1v) is 22.3. The minimum absolute atomic E-state index is 0.0265. The Morgan fingerprint density at radius 2 is 1.05 bits per heavy atom. The molecule has 328 valence electrons. The van der Waals surface area contributed by atoms with Crippen molar-refractivity contribution in [1.29, 1.82) is 0 Å². The van der Waals surface area contributed by atoms with Crippen LogP contribution in [0, 0.1) is 0 Å². The van der Waals surface area contributed by atoms with Crippen LogP contribution in [0.2, 0.25) is 0 Å². The molecule has 8 nitrogen and oxygen atoms in total. The highest BCUT2D eigenvalue weighted by molar-refractivity contribution is 5.72. The van der Waals surface area contributed by atoms with Crippen LogP contribution < -0.4 is 0 Å². The van der Waals surface area contributed by atoms with E-state index in [0.29, 0.717) is 19.3 Å². The zero-order chi connectivity index (χ0) is 42.8. The predicted octanol–water partition coefficient (Wildman–Crippen LogP) is 12.3. The lowest BCUT2D eigenvalue weighted by atomic mass is 10.1. The summed E-state index contributed by atoms with van der Waals surface area (Å²) in [5.74, 6) is -1.60. The van der Waals surface area contributed by atoms with E-state index in [0.717, 1.165) is 77.0 Å². The van der Waals surface area contributed by atoms with Crippen LogP contribution in [0.3, 0.4) is 0 Å². The average Bonchev–Trinajstić information content (AvgIpc) is 3.18. The van der Waals surface area contributed by atoms with Crippen LogP contribution in [0.4, 0.5) is 0 Å². The lowest BCUT2D eigenvalue weighted by molar-refractivity contribution is -0.887. The summed E-state index contributed by atoms with van der Waals surface area (Å²) in [6.07, 6.45) is 53.2. The van der Waals surface area contributed by atoms with Crippen LogP contribution in [0.15, 0.2) is 97.2 Å².